The molecule has 1 heterocycles. The zero-order chi connectivity index (χ0) is 9.03. The Labute approximate surface area is 101 Å². The van der Waals surface area contributed by atoms with Gasteiger partial charge >= 0.3 is 0 Å². The highest BCUT2D eigenvalue weighted by Gasteiger charge is 2.45. The van der Waals surface area contributed by atoms with E-state index in [2.05, 4.69) is 70.3 Å². The first-order chi connectivity index (χ1) is 5.76. The molecule has 12 heavy (non-hydrogen) atoms. The van der Waals surface area contributed by atoms with Gasteiger partial charge in [0, 0.05) is 0 Å². The Morgan fingerprint density at radius 3 is 2.42 bits per heavy atom. The summed E-state index contributed by atoms with van der Waals surface area (Å²) < 4.78 is -0.798. The van der Waals surface area contributed by atoms with Crippen LogP contribution in [0.5, 0.6) is 0 Å². The van der Waals surface area contributed by atoms with Gasteiger partial charge in [-0.2, -0.15) is 0 Å². The lowest BCUT2D eigenvalue weighted by Crippen LogP contribution is -1.77. The molecular formula is C4H11P2S6. The van der Waals surface area contributed by atoms with Crippen LogP contribution in [0.25, 0.3) is 0 Å². The fraction of sp³-hybridized carbons (Fsp3) is 1.00. The first-order valence-corrected chi connectivity index (χ1v) is 16.3. The summed E-state index contributed by atoms with van der Waals surface area (Å²) in [7, 11) is 1.81. The zero-order valence-electron chi connectivity index (χ0n) is 6.80. The van der Waals surface area contributed by atoms with Gasteiger partial charge in [-0.25, -0.2) is 0 Å². The summed E-state index contributed by atoms with van der Waals surface area (Å²) >= 11 is 13.1. The van der Waals surface area contributed by atoms with E-state index < -0.39 is 4.07 Å². The summed E-state index contributed by atoms with van der Waals surface area (Å²) in [6.45, 7) is 4.48. The molecule has 0 aliphatic carbocycles. The average Bonchev–Trinajstić information content (AvgIpc) is 2.01. The summed E-state index contributed by atoms with van der Waals surface area (Å²) in [5, 5.41) is 0. The van der Waals surface area contributed by atoms with E-state index in [9.17, 15) is 0 Å². The highest BCUT2D eigenvalue weighted by atomic mass is 34.0. The van der Waals surface area contributed by atoms with E-state index in [-0.39, 0.29) is 5.53 Å². The maximum atomic E-state index is 4.38. The Bertz CT molecular complexity index is 138. The first kappa shape index (κ1) is 13.0. The molecule has 0 aromatic heterocycles. The second-order valence-corrected chi connectivity index (χ2v) is 28.8. The third kappa shape index (κ3) is 3.52. The van der Waals surface area contributed by atoms with E-state index in [0.29, 0.717) is 0 Å². The summed E-state index contributed by atoms with van der Waals surface area (Å²) in [6.07, 6.45) is 0. The van der Waals surface area contributed by atoms with Crippen LogP contribution in [0.4, 0.5) is 0 Å². The van der Waals surface area contributed by atoms with Crippen molar-refractivity contribution in [2.45, 2.75) is 13.8 Å². The van der Waals surface area contributed by atoms with Crippen LogP contribution in [0.15, 0.2) is 0 Å². The van der Waals surface area contributed by atoms with E-state index in [4.69, 9.17) is 0 Å². The molecule has 0 atom stereocenters. The molecule has 1 aliphatic rings. The predicted octanol–water partition coefficient (Wildman–Crippen LogP) is 6.46. The molecule has 0 saturated carbocycles. The van der Waals surface area contributed by atoms with Gasteiger partial charge < -0.3 is 0 Å². The fourth-order valence-electron chi connectivity index (χ4n) is 0.581. The molecule has 0 N–H and O–H groups in total. The van der Waals surface area contributed by atoms with Gasteiger partial charge in [-0.3, -0.25) is 0 Å². The van der Waals surface area contributed by atoms with E-state index in [0.717, 1.165) is 0 Å². The van der Waals surface area contributed by atoms with Crippen LogP contribution in [-0.4, -0.2) is 11.5 Å². The summed E-state index contributed by atoms with van der Waals surface area (Å²) in [5.41, 5.74) is 0.206. The van der Waals surface area contributed by atoms with Crippen LogP contribution >= 0.6 is 76.4 Å². The molecule has 8 heteroatoms. The third-order valence-corrected chi connectivity index (χ3v) is 44.5. The van der Waals surface area contributed by atoms with Crippen molar-refractivity contribution in [3.8, 4) is 0 Å². The van der Waals surface area contributed by atoms with Gasteiger partial charge in [-0.15, -0.1) is 34.4 Å². The third-order valence-electron chi connectivity index (χ3n) is 0.955. The highest BCUT2D eigenvalue weighted by molar-refractivity contribution is 9.70. The number of hydrogen-bond acceptors (Lipinski definition) is 6. The topological polar surface area (TPSA) is 0 Å². The lowest BCUT2D eigenvalue weighted by molar-refractivity contribution is 1.54. The molecule has 0 aromatic rings. The van der Waals surface area contributed by atoms with Crippen molar-refractivity contribution in [3.63, 3.8) is 0 Å². The molecule has 0 bridgehead atoms. The second-order valence-electron chi connectivity index (χ2n) is 1.75. The summed E-state index contributed by atoms with van der Waals surface area (Å²) in [6, 6.07) is 0. The van der Waals surface area contributed by atoms with Gasteiger partial charge in [0.25, 0.3) is 0 Å². The maximum Gasteiger partial charge on any atom is 0.101 e. The largest absolute Gasteiger partial charge is 0.112 e. The Morgan fingerprint density at radius 2 is 2.00 bits per heavy atom. The number of rotatable bonds is 5. The van der Waals surface area contributed by atoms with Crippen molar-refractivity contribution in [3.05, 3.63) is 0 Å². The highest BCUT2D eigenvalue weighted by Crippen LogP contribution is 3.18. The SMILES string of the molecule is CCSP1S[P](SS)(SCC)S1. The van der Waals surface area contributed by atoms with Gasteiger partial charge in [-0.1, -0.05) is 35.9 Å². The monoisotopic (exact) mass is 313 g/mol. The molecule has 1 aliphatic heterocycles. The summed E-state index contributed by atoms with van der Waals surface area (Å²) in [4.78, 5) is 0. The van der Waals surface area contributed by atoms with Crippen molar-refractivity contribution in [2.24, 2.45) is 0 Å². The van der Waals surface area contributed by atoms with Gasteiger partial charge in [0.15, 0.2) is 0 Å². The smallest absolute Gasteiger partial charge is 0.101 e. The normalized spacial score (nSPS) is 34.8. The van der Waals surface area contributed by atoms with E-state index in [1.165, 1.54) is 11.5 Å². The molecule has 0 unspecified atom stereocenters. The standard InChI is InChI=1S/C4H11P2S6/c1-3-8-5-10-6(11-5,12-7)9-4-2/h7H,3-4H2,1-2H3. The lowest BCUT2D eigenvalue weighted by atomic mass is 11.0. The minimum atomic E-state index is -0.798. The quantitative estimate of drug-likeness (QED) is 0.350. The molecule has 1 radical (unpaired) electrons. The molecule has 1 fully saturated rings. The molecular weight excluding hydrogens is 302 g/mol. The van der Waals surface area contributed by atoms with Crippen LogP contribution in [0.3, 0.4) is 0 Å². The predicted molar refractivity (Wildman–Crippen MR) is 81.9 cm³/mol. The Hall–Kier alpha value is 2.96. The van der Waals surface area contributed by atoms with Gasteiger partial charge in [0.1, 0.15) is 4.07 Å². The molecule has 0 spiro atoms. The van der Waals surface area contributed by atoms with Gasteiger partial charge in [0.05, 0.1) is 5.53 Å². The number of hydrogen-bond donors (Lipinski definition) is 1. The Kier molecular flexibility index (Phi) is 7.08. The first-order valence-electron chi connectivity index (χ1n) is 3.45. The molecule has 1 rings (SSSR count). The van der Waals surface area contributed by atoms with Crippen LogP contribution in [0.2, 0.25) is 0 Å². The van der Waals surface area contributed by atoms with E-state index >= 15 is 0 Å². The van der Waals surface area contributed by atoms with Crippen molar-refractivity contribution >= 4 is 76.4 Å². The molecule has 1 saturated heterocycles. The molecule has 0 nitrogen and oxygen atoms in total. The fourth-order valence-corrected chi connectivity index (χ4v) is 59.7. The minimum absolute atomic E-state index is 0.206. The second kappa shape index (κ2) is 6.52. The molecule has 0 amide bonds. The van der Waals surface area contributed by atoms with E-state index in [1.54, 1.807) is 0 Å². The van der Waals surface area contributed by atoms with E-state index in [1.807, 2.05) is 10.4 Å². The van der Waals surface area contributed by atoms with Crippen LogP contribution in [-0.2, 0) is 0 Å². The van der Waals surface area contributed by atoms with Crippen molar-refractivity contribution in [1.82, 2.24) is 0 Å². The van der Waals surface area contributed by atoms with Gasteiger partial charge in [0.2, 0.25) is 0 Å². The van der Waals surface area contributed by atoms with Crippen molar-refractivity contribution < 1.29 is 0 Å². The van der Waals surface area contributed by atoms with Crippen molar-refractivity contribution in [1.29, 1.82) is 0 Å². The van der Waals surface area contributed by atoms with Crippen LogP contribution < -0.4 is 0 Å². The molecule has 73 valence electrons. The van der Waals surface area contributed by atoms with Crippen LogP contribution in [0.1, 0.15) is 13.8 Å². The molecule has 0 aromatic carbocycles. The minimum Gasteiger partial charge on any atom is -0.112 e. The average molecular weight is 313 g/mol. The Morgan fingerprint density at radius 1 is 1.33 bits per heavy atom. The van der Waals surface area contributed by atoms with Crippen molar-refractivity contribution in [2.75, 3.05) is 11.5 Å². The maximum absolute atomic E-state index is 4.38. The zero-order valence-corrected chi connectivity index (χ0v) is 13.6. The van der Waals surface area contributed by atoms with Gasteiger partial charge in [-0.05, 0) is 21.9 Å². The number of thiol groups is 1. The lowest BCUT2D eigenvalue weighted by Gasteiger charge is -2.43. The van der Waals surface area contributed by atoms with Crippen LogP contribution in [0, 0.1) is 0 Å². The summed E-state index contributed by atoms with van der Waals surface area (Å²) in [5.74, 6) is 2.50. The Balaban J connectivity index is 2.25.